The van der Waals surface area contributed by atoms with Crippen LogP contribution in [0.2, 0.25) is 0 Å². The van der Waals surface area contributed by atoms with Gasteiger partial charge in [-0.15, -0.1) is 0 Å². The van der Waals surface area contributed by atoms with E-state index in [2.05, 4.69) is 28.2 Å². The van der Waals surface area contributed by atoms with E-state index in [4.69, 9.17) is 9.15 Å². The summed E-state index contributed by atoms with van der Waals surface area (Å²) in [6.07, 6.45) is 5.33. The van der Waals surface area contributed by atoms with E-state index < -0.39 is 0 Å². The molecule has 2 atom stereocenters. The largest absolute Gasteiger partial charge is 0.466 e. The fourth-order valence-electron chi connectivity index (χ4n) is 2.09. The molecular weight excluding hydrogens is 270 g/mol. The minimum atomic E-state index is 0.173. The Balaban J connectivity index is 2.10. The van der Waals surface area contributed by atoms with Crippen molar-refractivity contribution >= 4 is 15.9 Å². The summed E-state index contributed by atoms with van der Waals surface area (Å²) in [4.78, 5) is 0. The first kappa shape index (κ1) is 12.1. The van der Waals surface area contributed by atoms with Gasteiger partial charge in [-0.05, 0) is 47.8 Å². The average Bonchev–Trinajstić information content (AvgIpc) is 2.91. The SMILES string of the molecule is CCCNC(c1occc1Br)C1CCCO1. The fourth-order valence-corrected chi connectivity index (χ4v) is 2.53. The van der Waals surface area contributed by atoms with Crippen molar-refractivity contribution in [3.63, 3.8) is 0 Å². The molecule has 1 fully saturated rings. The number of furan rings is 1. The number of rotatable bonds is 5. The van der Waals surface area contributed by atoms with Crippen LogP contribution in [0.25, 0.3) is 0 Å². The van der Waals surface area contributed by atoms with Crippen molar-refractivity contribution in [3.05, 3.63) is 22.6 Å². The van der Waals surface area contributed by atoms with Gasteiger partial charge in [0.25, 0.3) is 0 Å². The minimum Gasteiger partial charge on any atom is -0.466 e. The number of hydrogen-bond donors (Lipinski definition) is 1. The summed E-state index contributed by atoms with van der Waals surface area (Å²) in [5.41, 5.74) is 0. The van der Waals surface area contributed by atoms with Crippen LogP contribution in [0.5, 0.6) is 0 Å². The molecule has 1 aliphatic heterocycles. The summed E-state index contributed by atoms with van der Waals surface area (Å²) in [5, 5.41) is 3.51. The van der Waals surface area contributed by atoms with Crippen LogP contribution in [0, 0.1) is 0 Å². The zero-order chi connectivity index (χ0) is 11.4. The molecule has 2 unspecified atom stereocenters. The van der Waals surface area contributed by atoms with E-state index in [1.807, 2.05) is 6.07 Å². The van der Waals surface area contributed by atoms with Gasteiger partial charge in [0.2, 0.25) is 0 Å². The highest BCUT2D eigenvalue weighted by atomic mass is 79.9. The molecule has 0 aromatic carbocycles. The summed E-state index contributed by atoms with van der Waals surface area (Å²) in [6, 6.07) is 2.11. The van der Waals surface area contributed by atoms with Gasteiger partial charge in [0, 0.05) is 6.61 Å². The van der Waals surface area contributed by atoms with Crippen LogP contribution in [0.1, 0.15) is 38.0 Å². The Labute approximate surface area is 105 Å². The van der Waals surface area contributed by atoms with Crippen LogP contribution in [0.3, 0.4) is 0 Å². The van der Waals surface area contributed by atoms with Crippen LogP contribution in [0.4, 0.5) is 0 Å². The first-order chi connectivity index (χ1) is 7.83. The number of halogens is 1. The van der Waals surface area contributed by atoms with E-state index in [1.165, 1.54) is 0 Å². The number of nitrogens with one attached hydrogen (secondary N) is 1. The second-order valence-electron chi connectivity index (χ2n) is 4.12. The highest BCUT2D eigenvalue weighted by Gasteiger charge is 2.30. The smallest absolute Gasteiger partial charge is 0.137 e. The van der Waals surface area contributed by atoms with E-state index in [-0.39, 0.29) is 12.1 Å². The standard InChI is InChI=1S/C12H18BrNO2/c1-2-6-14-11(10-4-3-7-15-10)12-9(13)5-8-16-12/h5,8,10-11,14H,2-4,6-7H2,1H3. The van der Waals surface area contributed by atoms with Crippen molar-refractivity contribution in [2.45, 2.75) is 38.3 Å². The molecule has 2 rings (SSSR count). The van der Waals surface area contributed by atoms with Crippen LogP contribution >= 0.6 is 15.9 Å². The second-order valence-corrected chi connectivity index (χ2v) is 4.97. The van der Waals surface area contributed by atoms with Crippen molar-refractivity contribution in [2.24, 2.45) is 0 Å². The third kappa shape index (κ3) is 2.67. The Bertz CT molecular complexity index is 321. The molecule has 0 amide bonds. The molecular formula is C12H18BrNO2. The van der Waals surface area contributed by atoms with E-state index >= 15 is 0 Å². The predicted octanol–water partition coefficient (Wildman–Crippen LogP) is 3.26. The van der Waals surface area contributed by atoms with Crippen LogP contribution < -0.4 is 5.32 Å². The summed E-state index contributed by atoms with van der Waals surface area (Å²) in [7, 11) is 0. The quantitative estimate of drug-likeness (QED) is 0.903. The van der Waals surface area contributed by atoms with Crippen LogP contribution in [-0.2, 0) is 4.74 Å². The maximum Gasteiger partial charge on any atom is 0.137 e. The molecule has 1 N–H and O–H groups in total. The third-order valence-electron chi connectivity index (χ3n) is 2.88. The predicted molar refractivity (Wildman–Crippen MR) is 66.4 cm³/mol. The molecule has 3 nitrogen and oxygen atoms in total. The lowest BCUT2D eigenvalue weighted by Crippen LogP contribution is -2.32. The van der Waals surface area contributed by atoms with E-state index in [0.717, 1.165) is 42.6 Å². The lowest BCUT2D eigenvalue weighted by molar-refractivity contribution is 0.0709. The lowest BCUT2D eigenvalue weighted by Gasteiger charge is -2.22. The topological polar surface area (TPSA) is 34.4 Å². The van der Waals surface area contributed by atoms with Gasteiger partial charge in [-0.3, -0.25) is 0 Å². The van der Waals surface area contributed by atoms with Crippen LogP contribution in [0.15, 0.2) is 21.2 Å². The van der Waals surface area contributed by atoms with Gasteiger partial charge >= 0.3 is 0 Å². The molecule has 1 aliphatic rings. The van der Waals surface area contributed by atoms with Crippen LogP contribution in [-0.4, -0.2) is 19.3 Å². The zero-order valence-electron chi connectivity index (χ0n) is 9.54. The molecule has 16 heavy (non-hydrogen) atoms. The number of hydrogen-bond acceptors (Lipinski definition) is 3. The molecule has 0 bridgehead atoms. The normalized spacial score (nSPS) is 22.5. The molecule has 0 spiro atoms. The van der Waals surface area contributed by atoms with Gasteiger partial charge in [0.05, 0.1) is 22.9 Å². The molecule has 0 saturated carbocycles. The molecule has 1 aromatic rings. The van der Waals surface area contributed by atoms with E-state index in [9.17, 15) is 0 Å². The van der Waals surface area contributed by atoms with Gasteiger partial charge < -0.3 is 14.5 Å². The Hall–Kier alpha value is -0.320. The Morgan fingerprint density at radius 1 is 1.62 bits per heavy atom. The van der Waals surface area contributed by atoms with Crippen molar-refractivity contribution in [2.75, 3.05) is 13.2 Å². The summed E-state index contributed by atoms with van der Waals surface area (Å²) < 4.78 is 12.3. The molecule has 2 heterocycles. The summed E-state index contributed by atoms with van der Waals surface area (Å²) in [5.74, 6) is 0.959. The first-order valence-corrected chi connectivity index (χ1v) is 6.70. The average molecular weight is 288 g/mol. The third-order valence-corrected chi connectivity index (χ3v) is 3.53. The monoisotopic (exact) mass is 287 g/mol. The molecule has 4 heteroatoms. The zero-order valence-corrected chi connectivity index (χ0v) is 11.1. The van der Waals surface area contributed by atoms with Gasteiger partial charge in [0.1, 0.15) is 5.76 Å². The summed E-state index contributed by atoms with van der Waals surface area (Å²) in [6.45, 7) is 4.02. The highest BCUT2D eigenvalue weighted by molar-refractivity contribution is 9.10. The van der Waals surface area contributed by atoms with Gasteiger partial charge in [-0.1, -0.05) is 6.92 Å². The fraction of sp³-hybridized carbons (Fsp3) is 0.667. The first-order valence-electron chi connectivity index (χ1n) is 5.90. The number of ether oxygens (including phenoxy) is 1. The Morgan fingerprint density at radius 3 is 3.06 bits per heavy atom. The molecule has 1 saturated heterocycles. The molecule has 90 valence electrons. The highest BCUT2D eigenvalue weighted by Crippen LogP contribution is 2.32. The van der Waals surface area contributed by atoms with E-state index in [0.29, 0.717) is 0 Å². The van der Waals surface area contributed by atoms with Crippen molar-refractivity contribution in [1.82, 2.24) is 5.32 Å². The van der Waals surface area contributed by atoms with Gasteiger partial charge in [-0.2, -0.15) is 0 Å². The van der Waals surface area contributed by atoms with Crippen molar-refractivity contribution in [3.8, 4) is 0 Å². The molecule has 1 aromatic heterocycles. The summed E-state index contributed by atoms with van der Waals surface area (Å²) >= 11 is 3.52. The lowest BCUT2D eigenvalue weighted by atomic mass is 10.1. The second kappa shape index (κ2) is 5.84. The van der Waals surface area contributed by atoms with Gasteiger partial charge in [-0.25, -0.2) is 0 Å². The van der Waals surface area contributed by atoms with Crippen molar-refractivity contribution in [1.29, 1.82) is 0 Å². The maximum absolute atomic E-state index is 5.75. The van der Waals surface area contributed by atoms with E-state index in [1.54, 1.807) is 6.26 Å². The van der Waals surface area contributed by atoms with Gasteiger partial charge in [0.15, 0.2) is 0 Å². The molecule has 0 aliphatic carbocycles. The molecule has 0 radical (unpaired) electrons. The minimum absolute atomic E-state index is 0.173. The van der Waals surface area contributed by atoms with Crippen molar-refractivity contribution < 1.29 is 9.15 Å². The Kier molecular flexibility index (Phi) is 4.44. The Morgan fingerprint density at radius 2 is 2.50 bits per heavy atom. The maximum atomic E-state index is 5.75.